The molecule has 8 heteroatoms. The molecule has 0 aromatic carbocycles. The maximum absolute atomic E-state index is 6.00. The zero-order valence-corrected chi connectivity index (χ0v) is 3.58. The second-order valence-corrected chi connectivity index (χ2v) is 0. The summed E-state index contributed by atoms with van der Waals surface area (Å²) in [5, 5.41) is 48.0. The van der Waals surface area contributed by atoms with Gasteiger partial charge >= 0.3 is 0 Å². The first-order chi connectivity index (χ1) is 4.00. The zero-order valence-electron chi connectivity index (χ0n) is 3.58. The zero-order chi connectivity index (χ0) is 8.00. The minimum atomic E-state index is 6.00. The van der Waals surface area contributed by atoms with E-state index in [1.165, 1.54) is 0 Å². The van der Waals surface area contributed by atoms with Crippen molar-refractivity contribution in [3.63, 3.8) is 0 Å². The second kappa shape index (κ2) is 2100. The van der Waals surface area contributed by atoms with Crippen molar-refractivity contribution in [3.05, 3.63) is 0 Å². The van der Waals surface area contributed by atoms with Crippen LogP contribution in [0.3, 0.4) is 0 Å². The van der Waals surface area contributed by atoms with Gasteiger partial charge < -0.3 is 0 Å². The van der Waals surface area contributed by atoms with Crippen LogP contribution in [0.15, 0.2) is 0 Å². The highest BCUT2D eigenvalue weighted by Gasteiger charge is 0.751. The molecule has 0 aromatic rings. The van der Waals surface area contributed by atoms with Gasteiger partial charge in [0.15, 0.2) is 0 Å². The van der Waals surface area contributed by atoms with E-state index in [1.54, 1.807) is 0 Å². The Bertz CT molecular complexity index is 0. The van der Waals surface area contributed by atoms with E-state index >= 15 is 0 Å². The van der Waals surface area contributed by atoms with Crippen molar-refractivity contribution in [1.82, 2.24) is 0 Å². The molecule has 8 N–H and O–H groups in total. The Kier molecular flexibility index (Phi) is 6660. The second-order valence-electron chi connectivity index (χ2n) is 0. The molecule has 0 amide bonds. The Morgan fingerprint density at radius 3 is 0.250 bits per heavy atom. The highest BCUT2D eigenvalue weighted by molar-refractivity contribution is 1.83. The maximum atomic E-state index is 6.00. The molecule has 8 nitrogen and oxygen atoms in total. The molecule has 0 radical (unpaired) electrons. The van der Waals surface area contributed by atoms with E-state index in [4.69, 9.17) is 42.1 Å². The lowest BCUT2D eigenvalue weighted by atomic mass is 15.0. The van der Waals surface area contributed by atoms with Crippen LogP contribution >= 0.6 is 0 Å². The lowest BCUT2D eigenvalue weighted by Crippen LogP contribution is -1.29. The fourth-order valence-corrected chi connectivity index (χ4v) is 0. The van der Waals surface area contributed by atoms with Gasteiger partial charge in [-0.2, -0.15) is 0 Å². The molecule has 8 heavy (non-hydrogen) atoms. The van der Waals surface area contributed by atoms with Crippen molar-refractivity contribution in [2.45, 2.75) is 0 Å². The van der Waals surface area contributed by atoms with Gasteiger partial charge in [-0.15, -0.1) is 0 Å². The molecule has 0 saturated carbocycles. The summed E-state index contributed by atoms with van der Waals surface area (Å²) >= 11 is 0. The summed E-state index contributed by atoms with van der Waals surface area (Å²) in [7, 11) is 0. The highest BCUT2D eigenvalue weighted by atomic mass is 17.0. The largest absolute Gasteiger partial charge is 0.255 e. The average molecular weight is 136 g/mol. The van der Waals surface area contributed by atoms with Gasteiger partial charge in [0.1, 0.15) is 0 Å². The predicted molar refractivity (Wildman–Crippen MR) is 21.0 cm³/mol. The summed E-state index contributed by atoms with van der Waals surface area (Å²) in [5.74, 6) is 0. The molecular formula is H8O8. The topological polar surface area (TPSA) is 162 Å². The van der Waals surface area contributed by atoms with Crippen LogP contribution in [-0.4, -0.2) is 42.1 Å². The quantitative estimate of drug-likeness (QED) is 0.171. The molecule has 0 atom stereocenters. The van der Waals surface area contributed by atoms with Crippen LogP contribution in [0.5, 0.6) is 0 Å². The van der Waals surface area contributed by atoms with E-state index in [2.05, 4.69) is 0 Å². The lowest BCUT2D eigenvalue weighted by molar-refractivity contribution is -0.176. The monoisotopic (exact) mass is 136 g/mol. The summed E-state index contributed by atoms with van der Waals surface area (Å²) in [6.07, 6.45) is 0. The Morgan fingerprint density at radius 2 is 0.250 bits per heavy atom. The van der Waals surface area contributed by atoms with Gasteiger partial charge in [0.2, 0.25) is 0 Å². The van der Waals surface area contributed by atoms with Crippen molar-refractivity contribution in [2.24, 2.45) is 0 Å². The Morgan fingerprint density at radius 1 is 0.250 bits per heavy atom. The van der Waals surface area contributed by atoms with Gasteiger partial charge in [0.25, 0.3) is 0 Å². The van der Waals surface area contributed by atoms with Crippen molar-refractivity contribution in [3.8, 4) is 0 Å². The fourth-order valence-electron chi connectivity index (χ4n) is 0. The first-order valence-electron chi connectivity index (χ1n) is 0.800. The molecule has 0 spiro atoms. The molecule has 0 bridgehead atoms. The van der Waals surface area contributed by atoms with Crippen LogP contribution in [0.4, 0.5) is 0 Å². The van der Waals surface area contributed by atoms with E-state index in [0.29, 0.717) is 0 Å². The van der Waals surface area contributed by atoms with Gasteiger partial charge in [0.05, 0.1) is 0 Å². The normalized spacial score (nSPS) is 3.00. The van der Waals surface area contributed by atoms with Crippen LogP contribution < -0.4 is 0 Å². The maximum Gasteiger partial charge on any atom is -0.255 e. The molecule has 0 heterocycles. The minimum Gasteiger partial charge on any atom is -0.255 e. The lowest BCUT2D eigenvalue weighted by Gasteiger charge is -1.25. The Balaban J connectivity index is -0.0000000133. The van der Waals surface area contributed by atoms with Gasteiger partial charge in [0, 0.05) is 0 Å². The number of rotatable bonds is 0. The van der Waals surface area contributed by atoms with Crippen LogP contribution in [0.2, 0.25) is 0 Å². The SMILES string of the molecule is OO.OO.OO.OO. The van der Waals surface area contributed by atoms with Gasteiger partial charge in [-0.3, -0.25) is 42.1 Å². The molecule has 0 fully saturated rings. The van der Waals surface area contributed by atoms with Gasteiger partial charge in [-0.25, -0.2) is 0 Å². The van der Waals surface area contributed by atoms with E-state index < -0.39 is 0 Å². The van der Waals surface area contributed by atoms with Crippen LogP contribution in [-0.2, 0) is 0 Å². The van der Waals surface area contributed by atoms with E-state index in [1.807, 2.05) is 0 Å². The molecule has 0 aliphatic rings. The van der Waals surface area contributed by atoms with Crippen molar-refractivity contribution >= 4 is 0 Å². The van der Waals surface area contributed by atoms with Crippen molar-refractivity contribution in [2.75, 3.05) is 0 Å². The molecule has 56 valence electrons. The molecule has 0 aromatic heterocycles. The third-order valence-corrected chi connectivity index (χ3v) is 0. The molecular weight excluding hydrogens is 128 g/mol. The summed E-state index contributed by atoms with van der Waals surface area (Å²) in [5.41, 5.74) is 0. The van der Waals surface area contributed by atoms with Crippen LogP contribution in [0, 0.1) is 0 Å². The minimum absolute atomic E-state index is 6.00. The molecule has 0 aliphatic carbocycles. The first-order valence-corrected chi connectivity index (χ1v) is 0.800. The molecule has 0 aliphatic heterocycles. The summed E-state index contributed by atoms with van der Waals surface area (Å²) in [6, 6.07) is 0. The molecule has 0 unspecified atom stereocenters. The van der Waals surface area contributed by atoms with E-state index in [-0.39, 0.29) is 0 Å². The Labute approximate surface area is 43.5 Å². The van der Waals surface area contributed by atoms with Crippen molar-refractivity contribution < 1.29 is 42.1 Å². The fraction of sp³-hybridized carbons (Fsp3) is 0. The summed E-state index contributed by atoms with van der Waals surface area (Å²) < 4.78 is 0. The smallest absolute Gasteiger partial charge is 0.255 e. The highest BCUT2D eigenvalue weighted by Crippen LogP contribution is 0.717. The van der Waals surface area contributed by atoms with E-state index in [9.17, 15) is 0 Å². The van der Waals surface area contributed by atoms with Crippen LogP contribution in [0.25, 0.3) is 0 Å². The first kappa shape index (κ1) is 25.3. The summed E-state index contributed by atoms with van der Waals surface area (Å²) in [4.78, 5) is 0. The van der Waals surface area contributed by atoms with E-state index in [0.717, 1.165) is 0 Å². The number of hydrogen-bond acceptors (Lipinski definition) is 8. The van der Waals surface area contributed by atoms with Gasteiger partial charge in [-0.05, 0) is 0 Å². The number of hydrogen-bond donors (Lipinski definition) is 8. The predicted octanol–water partition coefficient (Wildman–Crippen LogP) is 0.0696. The standard InChI is InChI=1S/4H2O2/c4*1-2/h4*1-2H. The van der Waals surface area contributed by atoms with Crippen LogP contribution in [0.1, 0.15) is 0 Å². The van der Waals surface area contributed by atoms with Crippen molar-refractivity contribution in [1.29, 1.82) is 0 Å². The Hall–Kier alpha value is -0.320. The third-order valence-electron chi connectivity index (χ3n) is 0. The summed E-state index contributed by atoms with van der Waals surface area (Å²) in [6.45, 7) is 0. The average Bonchev–Trinajstić information content (AvgIpc) is 2.03. The molecule has 0 saturated heterocycles. The third kappa shape index (κ3) is 1210. The van der Waals surface area contributed by atoms with Gasteiger partial charge in [-0.1, -0.05) is 0 Å². The molecule has 0 rings (SSSR count).